The second-order valence-electron chi connectivity index (χ2n) is 8.26. The van der Waals surface area contributed by atoms with E-state index < -0.39 is 0 Å². The number of fused-ring (bicyclic) bond motifs is 2. The topological polar surface area (TPSA) is 35.9 Å². The van der Waals surface area contributed by atoms with Crippen LogP contribution in [0.4, 0.5) is 0 Å². The maximum Gasteiger partial charge on any atom is 0.123 e. The summed E-state index contributed by atoms with van der Waals surface area (Å²) in [6.07, 6.45) is 1.66. The minimum atomic E-state index is -0.117. The first-order valence-electron chi connectivity index (χ1n) is 10.6. The van der Waals surface area contributed by atoms with Crippen LogP contribution in [0.15, 0.2) is 48.5 Å². The average molecular weight is 409 g/mol. The third-order valence-corrected chi connectivity index (χ3v) is 7.10. The molecule has 3 aromatic rings. The van der Waals surface area contributed by atoms with Crippen molar-refractivity contribution in [3.05, 3.63) is 64.5 Å². The number of hydrogen-bond donors (Lipinski definition) is 1. The van der Waals surface area contributed by atoms with E-state index in [2.05, 4.69) is 58.3 Å². The molecule has 0 spiro atoms. The van der Waals surface area contributed by atoms with Gasteiger partial charge in [0.2, 0.25) is 0 Å². The standard InChI is InChI=1S/C24H28N2O2S/c27-21-7-9-25(10-8-21)15-18-5-6-23-20(13-18)16-26(11-12-28-23)17-22-14-19-3-1-2-4-24(19)29-22/h1-6,13-14,21,27H,7-12,15-17H2. The molecule has 4 nitrogen and oxygen atoms in total. The van der Waals surface area contributed by atoms with E-state index in [9.17, 15) is 5.11 Å². The molecule has 152 valence electrons. The van der Waals surface area contributed by atoms with Crippen LogP contribution in [0.3, 0.4) is 0 Å². The van der Waals surface area contributed by atoms with Gasteiger partial charge in [0.1, 0.15) is 12.4 Å². The lowest BCUT2D eigenvalue weighted by atomic mass is 10.1. The van der Waals surface area contributed by atoms with Crippen molar-refractivity contribution in [3.8, 4) is 5.75 Å². The number of rotatable bonds is 4. The monoisotopic (exact) mass is 408 g/mol. The Bertz CT molecular complexity index is 945. The molecule has 2 aliphatic rings. The van der Waals surface area contributed by atoms with Crippen LogP contribution in [0.1, 0.15) is 28.8 Å². The van der Waals surface area contributed by atoms with E-state index >= 15 is 0 Å². The fourth-order valence-corrected chi connectivity index (χ4v) is 5.51. The fourth-order valence-electron chi connectivity index (χ4n) is 4.41. The van der Waals surface area contributed by atoms with E-state index in [0.717, 1.165) is 64.5 Å². The highest BCUT2D eigenvalue weighted by Crippen LogP contribution is 2.29. The number of thiophene rings is 1. The smallest absolute Gasteiger partial charge is 0.123 e. The van der Waals surface area contributed by atoms with Crippen molar-refractivity contribution in [1.82, 2.24) is 9.80 Å². The van der Waals surface area contributed by atoms with Gasteiger partial charge in [-0.05, 0) is 48.1 Å². The Labute approximate surface area is 176 Å². The molecule has 1 saturated heterocycles. The zero-order chi connectivity index (χ0) is 19.6. The van der Waals surface area contributed by atoms with Gasteiger partial charge in [-0.3, -0.25) is 9.80 Å². The largest absolute Gasteiger partial charge is 0.492 e. The van der Waals surface area contributed by atoms with Crippen molar-refractivity contribution in [1.29, 1.82) is 0 Å². The van der Waals surface area contributed by atoms with Gasteiger partial charge in [-0.1, -0.05) is 24.3 Å². The van der Waals surface area contributed by atoms with Crippen molar-refractivity contribution in [3.63, 3.8) is 0 Å². The zero-order valence-corrected chi connectivity index (χ0v) is 17.5. The molecule has 0 unspecified atom stereocenters. The molecule has 5 heteroatoms. The summed E-state index contributed by atoms with van der Waals surface area (Å²) in [6, 6.07) is 17.6. The van der Waals surface area contributed by atoms with Crippen LogP contribution in [0.2, 0.25) is 0 Å². The molecule has 0 amide bonds. The third kappa shape index (κ3) is 4.48. The van der Waals surface area contributed by atoms with Gasteiger partial charge < -0.3 is 9.84 Å². The molecule has 0 aliphatic carbocycles. The van der Waals surface area contributed by atoms with Crippen LogP contribution >= 0.6 is 11.3 Å². The summed E-state index contributed by atoms with van der Waals surface area (Å²) in [4.78, 5) is 6.36. The van der Waals surface area contributed by atoms with Crippen LogP contribution in [0.5, 0.6) is 5.75 Å². The van der Waals surface area contributed by atoms with Gasteiger partial charge in [0.05, 0.1) is 6.10 Å². The number of aliphatic hydroxyl groups is 1. The number of benzene rings is 2. The number of likely N-dealkylation sites (tertiary alicyclic amines) is 1. The Balaban J connectivity index is 1.29. The van der Waals surface area contributed by atoms with Gasteiger partial charge >= 0.3 is 0 Å². The summed E-state index contributed by atoms with van der Waals surface area (Å²) in [7, 11) is 0. The Morgan fingerprint density at radius 2 is 1.83 bits per heavy atom. The molecule has 2 aromatic carbocycles. The first-order valence-corrected chi connectivity index (χ1v) is 11.4. The molecule has 1 N–H and O–H groups in total. The minimum absolute atomic E-state index is 0.117. The van der Waals surface area contributed by atoms with Gasteiger partial charge in [0.15, 0.2) is 0 Å². The maximum absolute atomic E-state index is 9.73. The molecular weight excluding hydrogens is 380 g/mol. The van der Waals surface area contributed by atoms with Gasteiger partial charge in [-0.15, -0.1) is 11.3 Å². The molecule has 0 atom stereocenters. The average Bonchev–Trinajstić information content (AvgIpc) is 3.02. The Morgan fingerprint density at radius 1 is 0.966 bits per heavy atom. The SMILES string of the molecule is OC1CCN(Cc2ccc3c(c2)CN(Cc2cc4ccccc4s2)CCO3)CC1. The molecule has 0 radical (unpaired) electrons. The van der Waals surface area contributed by atoms with Crippen LogP contribution in [-0.4, -0.2) is 47.3 Å². The molecule has 0 bridgehead atoms. The highest BCUT2D eigenvalue weighted by atomic mass is 32.1. The number of aliphatic hydroxyl groups excluding tert-OH is 1. The van der Waals surface area contributed by atoms with Crippen molar-refractivity contribution >= 4 is 21.4 Å². The van der Waals surface area contributed by atoms with Gasteiger partial charge in [-0.25, -0.2) is 0 Å². The zero-order valence-electron chi connectivity index (χ0n) is 16.7. The fraction of sp³-hybridized carbons (Fsp3) is 0.417. The number of piperidine rings is 1. The summed E-state index contributed by atoms with van der Waals surface area (Å²) in [5.41, 5.74) is 2.63. The second kappa shape index (κ2) is 8.44. The molecule has 0 saturated carbocycles. The molecule has 3 heterocycles. The normalized spacial score (nSPS) is 19.1. The van der Waals surface area contributed by atoms with E-state index in [-0.39, 0.29) is 6.10 Å². The summed E-state index contributed by atoms with van der Waals surface area (Å²) >= 11 is 1.90. The van der Waals surface area contributed by atoms with Crippen LogP contribution < -0.4 is 4.74 Å². The summed E-state index contributed by atoms with van der Waals surface area (Å²) < 4.78 is 7.41. The Kier molecular flexibility index (Phi) is 5.55. The highest BCUT2D eigenvalue weighted by molar-refractivity contribution is 7.19. The van der Waals surface area contributed by atoms with Crippen LogP contribution in [-0.2, 0) is 19.6 Å². The molecule has 2 aliphatic heterocycles. The number of hydrogen-bond acceptors (Lipinski definition) is 5. The quantitative estimate of drug-likeness (QED) is 0.700. The third-order valence-electron chi connectivity index (χ3n) is 6.00. The van der Waals surface area contributed by atoms with Crippen molar-refractivity contribution < 1.29 is 9.84 Å². The molecular formula is C24H28N2O2S. The molecule has 1 fully saturated rings. The van der Waals surface area contributed by atoms with E-state index in [1.807, 2.05) is 11.3 Å². The highest BCUT2D eigenvalue weighted by Gasteiger charge is 2.20. The van der Waals surface area contributed by atoms with Gasteiger partial charge in [0, 0.05) is 54.4 Å². The predicted molar refractivity (Wildman–Crippen MR) is 118 cm³/mol. The lowest BCUT2D eigenvalue weighted by Gasteiger charge is -2.29. The van der Waals surface area contributed by atoms with Crippen molar-refractivity contribution in [2.75, 3.05) is 26.2 Å². The molecule has 29 heavy (non-hydrogen) atoms. The number of nitrogens with zero attached hydrogens (tertiary/aromatic N) is 2. The van der Waals surface area contributed by atoms with Crippen LogP contribution in [0, 0.1) is 0 Å². The second-order valence-corrected chi connectivity index (χ2v) is 9.43. The lowest BCUT2D eigenvalue weighted by Crippen LogP contribution is -2.35. The Hall–Kier alpha value is -1.92. The van der Waals surface area contributed by atoms with Crippen molar-refractivity contribution in [2.24, 2.45) is 0 Å². The van der Waals surface area contributed by atoms with E-state index in [0.29, 0.717) is 0 Å². The van der Waals surface area contributed by atoms with Gasteiger partial charge in [0.25, 0.3) is 0 Å². The predicted octanol–water partition coefficient (Wildman–Crippen LogP) is 4.25. The van der Waals surface area contributed by atoms with E-state index in [1.54, 1.807) is 0 Å². The summed E-state index contributed by atoms with van der Waals surface area (Å²) in [5.74, 6) is 1.03. The minimum Gasteiger partial charge on any atom is -0.492 e. The number of ether oxygens (including phenoxy) is 1. The first kappa shape index (κ1) is 19.1. The van der Waals surface area contributed by atoms with E-state index in [4.69, 9.17) is 4.74 Å². The lowest BCUT2D eigenvalue weighted by molar-refractivity contribution is 0.0792. The Morgan fingerprint density at radius 3 is 2.69 bits per heavy atom. The van der Waals surface area contributed by atoms with Gasteiger partial charge in [-0.2, -0.15) is 0 Å². The molecule has 1 aromatic heterocycles. The van der Waals surface area contributed by atoms with Crippen molar-refractivity contribution in [2.45, 2.75) is 38.6 Å². The molecule has 5 rings (SSSR count). The summed E-state index contributed by atoms with van der Waals surface area (Å²) in [5, 5.41) is 11.1. The first-order chi connectivity index (χ1) is 14.2. The maximum atomic E-state index is 9.73. The van der Waals surface area contributed by atoms with Crippen LogP contribution in [0.25, 0.3) is 10.1 Å². The van der Waals surface area contributed by atoms with E-state index in [1.165, 1.54) is 26.1 Å². The summed E-state index contributed by atoms with van der Waals surface area (Å²) in [6.45, 7) is 6.49.